The van der Waals surface area contributed by atoms with Crippen molar-refractivity contribution < 1.29 is 34.2 Å². The highest BCUT2D eigenvalue weighted by Crippen LogP contribution is 2.09. The van der Waals surface area contributed by atoms with Crippen LogP contribution in [0.15, 0.2) is 91.0 Å². The number of hydrogen-bond acceptors (Lipinski definition) is 6. The number of rotatable bonds is 15. The maximum atomic E-state index is 13.6. The molecule has 0 saturated carbocycles. The van der Waals surface area contributed by atoms with E-state index in [9.17, 15) is 29.1 Å². The summed E-state index contributed by atoms with van der Waals surface area (Å²) in [6.45, 7) is 0. The van der Waals surface area contributed by atoms with Gasteiger partial charge in [-0.25, -0.2) is 4.79 Å². The molecule has 11 nitrogen and oxygen atoms in total. The molecule has 0 aliphatic heterocycles. The Morgan fingerprint density at radius 1 is 0.548 bits per heavy atom. The van der Waals surface area contributed by atoms with Crippen LogP contribution in [0.5, 0.6) is 0 Å². The first-order valence-electron chi connectivity index (χ1n) is 13.4. The minimum absolute atomic E-state index is 0.0165. The highest BCUT2D eigenvalue weighted by atomic mass is 16.4. The van der Waals surface area contributed by atoms with Gasteiger partial charge in [0, 0.05) is 12.8 Å². The molecule has 0 spiro atoms. The summed E-state index contributed by atoms with van der Waals surface area (Å²) in [5.41, 5.74) is 8.40. The van der Waals surface area contributed by atoms with Crippen LogP contribution in [0.25, 0.3) is 0 Å². The molecule has 0 saturated heterocycles. The Bertz CT molecular complexity index is 1350. The van der Waals surface area contributed by atoms with Crippen molar-refractivity contribution >= 4 is 29.7 Å². The predicted molar refractivity (Wildman–Crippen MR) is 154 cm³/mol. The van der Waals surface area contributed by atoms with E-state index in [0.717, 1.165) is 11.1 Å². The van der Waals surface area contributed by atoms with Crippen LogP contribution >= 0.6 is 0 Å². The number of hydrogen-bond donors (Lipinski definition) is 6. The lowest BCUT2D eigenvalue weighted by atomic mass is 10.0. The molecule has 3 aromatic carbocycles. The highest BCUT2D eigenvalue weighted by molar-refractivity contribution is 5.95. The minimum atomic E-state index is -1.71. The van der Waals surface area contributed by atoms with Gasteiger partial charge in [0.05, 0.1) is 12.5 Å². The Morgan fingerprint density at radius 3 is 1.29 bits per heavy atom. The molecule has 7 N–H and O–H groups in total. The fourth-order valence-electron chi connectivity index (χ4n) is 4.28. The normalized spacial score (nSPS) is 13.5. The zero-order chi connectivity index (χ0) is 30.5. The highest BCUT2D eigenvalue weighted by Gasteiger charge is 2.31. The number of carbonyl (C=O) groups is 5. The second-order valence-electron chi connectivity index (χ2n) is 9.80. The van der Waals surface area contributed by atoms with Crippen molar-refractivity contribution in [3.05, 3.63) is 108 Å². The van der Waals surface area contributed by atoms with Crippen LogP contribution in [0, 0.1) is 0 Å². The van der Waals surface area contributed by atoms with E-state index in [-0.39, 0.29) is 19.3 Å². The van der Waals surface area contributed by atoms with Gasteiger partial charge in [0.1, 0.15) is 18.1 Å². The number of carboxylic acid groups (broad SMARTS) is 2. The Hall–Kier alpha value is -5.03. The van der Waals surface area contributed by atoms with E-state index >= 15 is 0 Å². The molecule has 4 unspecified atom stereocenters. The molecular weight excluding hydrogens is 540 g/mol. The number of benzene rings is 3. The standard InChI is InChI=1S/C31H34N4O7/c32-23(16-20-10-4-1-5-11-20)28(38)33-24(17-21-12-6-2-7-13-21)29(39)34-25(18-22-14-8-3-9-15-22)30(40)35-26(31(41)42)19-27(36)37/h1-15,23-26H,16-19,32H2,(H,33,38)(H,34,39)(H,35,40)(H,36,37)(H,41,42). The first-order chi connectivity index (χ1) is 20.1. The molecule has 11 heteroatoms. The van der Waals surface area contributed by atoms with Crippen molar-refractivity contribution in [2.45, 2.75) is 49.9 Å². The Balaban J connectivity index is 1.82. The van der Waals surface area contributed by atoms with E-state index in [0.29, 0.717) is 5.56 Å². The van der Waals surface area contributed by atoms with Gasteiger partial charge in [0.25, 0.3) is 0 Å². The van der Waals surface area contributed by atoms with Crippen LogP contribution in [0.2, 0.25) is 0 Å². The van der Waals surface area contributed by atoms with E-state index in [1.54, 1.807) is 54.6 Å². The molecule has 0 radical (unpaired) electrons. The maximum absolute atomic E-state index is 13.6. The summed E-state index contributed by atoms with van der Waals surface area (Å²) in [5, 5.41) is 26.0. The number of nitrogens with two attached hydrogens (primary N) is 1. The number of nitrogens with one attached hydrogen (secondary N) is 3. The number of amides is 3. The van der Waals surface area contributed by atoms with E-state index in [4.69, 9.17) is 10.8 Å². The van der Waals surface area contributed by atoms with Crippen molar-refractivity contribution in [3.8, 4) is 0 Å². The van der Waals surface area contributed by atoms with Crippen LogP contribution in [-0.4, -0.2) is 64.0 Å². The van der Waals surface area contributed by atoms with E-state index < -0.39 is 60.2 Å². The topological polar surface area (TPSA) is 188 Å². The Kier molecular flexibility index (Phi) is 11.8. The van der Waals surface area contributed by atoms with E-state index in [2.05, 4.69) is 16.0 Å². The summed E-state index contributed by atoms with van der Waals surface area (Å²) < 4.78 is 0. The maximum Gasteiger partial charge on any atom is 0.326 e. The minimum Gasteiger partial charge on any atom is -0.481 e. The van der Waals surface area contributed by atoms with Gasteiger partial charge in [0.15, 0.2) is 0 Å². The lowest BCUT2D eigenvalue weighted by Crippen LogP contribution is -2.58. The van der Waals surface area contributed by atoms with Crippen LogP contribution in [0.1, 0.15) is 23.1 Å². The van der Waals surface area contributed by atoms with E-state index in [1.807, 2.05) is 36.4 Å². The third-order valence-corrected chi connectivity index (χ3v) is 6.46. The van der Waals surface area contributed by atoms with Gasteiger partial charge in [0.2, 0.25) is 17.7 Å². The molecule has 3 aromatic rings. The summed E-state index contributed by atoms with van der Waals surface area (Å²) in [4.78, 5) is 62.6. The van der Waals surface area contributed by atoms with Gasteiger partial charge >= 0.3 is 11.9 Å². The number of carbonyl (C=O) groups excluding carboxylic acids is 3. The molecule has 4 atom stereocenters. The predicted octanol–water partition coefficient (Wildman–Crippen LogP) is 1.06. The first-order valence-corrected chi connectivity index (χ1v) is 13.4. The molecule has 0 bridgehead atoms. The average molecular weight is 575 g/mol. The molecule has 0 aliphatic carbocycles. The zero-order valence-electron chi connectivity index (χ0n) is 22.8. The Morgan fingerprint density at radius 2 is 0.905 bits per heavy atom. The van der Waals surface area contributed by atoms with Crippen LogP contribution < -0.4 is 21.7 Å². The smallest absolute Gasteiger partial charge is 0.326 e. The summed E-state index contributed by atoms with van der Waals surface area (Å²) in [7, 11) is 0. The van der Waals surface area contributed by atoms with Gasteiger partial charge in [-0.2, -0.15) is 0 Å². The first kappa shape index (κ1) is 31.5. The second-order valence-corrected chi connectivity index (χ2v) is 9.80. The van der Waals surface area contributed by atoms with Crippen molar-refractivity contribution in [3.63, 3.8) is 0 Å². The van der Waals surface area contributed by atoms with Gasteiger partial charge < -0.3 is 31.9 Å². The van der Waals surface area contributed by atoms with Gasteiger partial charge in [-0.1, -0.05) is 91.0 Å². The third kappa shape index (κ3) is 10.2. The second kappa shape index (κ2) is 15.7. The van der Waals surface area contributed by atoms with Crippen molar-refractivity contribution in [1.82, 2.24) is 16.0 Å². The van der Waals surface area contributed by atoms with Crippen molar-refractivity contribution in [2.24, 2.45) is 5.73 Å². The Labute approximate surface area is 243 Å². The fraction of sp³-hybridized carbons (Fsp3) is 0.258. The van der Waals surface area contributed by atoms with Gasteiger partial charge in [-0.15, -0.1) is 0 Å². The molecule has 42 heavy (non-hydrogen) atoms. The summed E-state index contributed by atoms with van der Waals surface area (Å²) in [6.07, 6.45) is -0.533. The lowest BCUT2D eigenvalue weighted by Gasteiger charge is -2.25. The average Bonchev–Trinajstić information content (AvgIpc) is 2.97. The van der Waals surface area contributed by atoms with Gasteiger partial charge in [-0.05, 0) is 23.1 Å². The summed E-state index contributed by atoms with van der Waals surface area (Å²) in [5.74, 6) is -5.08. The molecule has 0 heterocycles. The number of carboxylic acids is 2. The molecule has 220 valence electrons. The van der Waals surface area contributed by atoms with Gasteiger partial charge in [-0.3, -0.25) is 19.2 Å². The van der Waals surface area contributed by atoms with Crippen molar-refractivity contribution in [1.29, 1.82) is 0 Å². The quantitative estimate of drug-likeness (QED) is 0.155. The fourth-order valence-corrected chi connectivity index (χ4v) is 4.28. The molecule has 0 aromatic heterocycles. The molecule has 3 rings (SSSR count). The lowest BCUT2D eigenvalue weighted by molar-refractivity contribution is -0.147. The SMILES string of the molecule is NC(Cc1ccccc1)C(=O)NC(Cc1ccccc1)C(=O)NC(Cc1ccccc1)C(=O)NC(CC(=O)O)C(=O)O. The van der Waals surface area contributed by atoms with Crippen LogP contribution in [0.3, 0.4) is 0 Å². The molecule has 3 amide bonds. The molecule has 0 aliphatic rings. The van der Waals surface area contributed by atoms with Crippen LogP contribution in [0.4, 0.5) is 0 Å². The largest absolute Gasteiger partial charge is 0.481 e. The number of aliphatic carboxylic acids is 2. The summed E-state index contributed by atoms with van der Waals surface area (Å²) in [6, 6.07) is 21.8. The monoisotopic (exact) mass is 574 g/mol. The zero-order valence-corrected chi connectivity index (χ0v) is 22.8. The van der Waals surface area contributed by atoms with Crippen LogP contribution in [-0.2, 0) is 43.2 Å². The summed E-state index contributed by atoms with van der Waals surface area (Å²) >= 11 is 0. The third-order valence-electron chi connectivity index (χ3n) is 6.46. The van der Waals surface area contributed by atoms with Crippen molar-refractivity contribution in [2.75, 3.05) is 0 Å². The van der Waals surface area contributed by atoms with E-state index in [1.165, 1.54) is 0 Å². The molecular formula is C31H34N4O7. The molecule has 0 fully saturated rings.